The molecule has 0 spiro atoms. The zero-order chi connectivity index (χ0) is 21.8. The molecule has 0 unspecified atom stereocenters. The van der Waals surface area contributed by atoms with Crippen molar-refractivity contribution in [3.05, 3.63) is 72.4 Å². The van der Waals surface area contributed by atoms with Crippen molar-refractivity contribution in [2.45, 2.75) is 31.2 Å². The van der Waals surface area contributed by atoms with Crippen molar-refractivity contribution < 1.29 is 13.2 Å². The zero-order valence-corrected chi connectivity index (χ0v) is 18.1. The number of imidazole rings is 1. The number of hydrogen-bond donors (Lipinski definition) is 1. The third kappa shape index (κ3) is 4.83. The molecule has 2 aromatic heterocycles. The second-order valence-corrected chi connectivity index (χ2v) is 9.64. The van der Waals surface area contributed by atoms with Crippen molar-refractivity contribution in [1.82, 2.24) is 24.2 Å². The van der Waals surface area contributed by atoms with Crippen molar-refractivity contribution in [2.75, 3.05) is 13.1 Å². The Labute approximate surface area is 182 Å². The molecular formula is C22H25N5O3S. The van der Waals surface area contributed by atoms with E-state index in [-0.39, 0.29) is 11.8 Å². The largest absolute Gasteiger partial charge is 0.352 e. The molecule has 0 bridgehead atoms. The van der Waals surface area contributed by atoms with Gasteiger partial charge in [-0.25, -0.2) is 18.4 Å². The maximum atomic E-state index is 12.8. The second-order valence-electron chi connectivity index (χ2n) is 7.70. The Morgan fingerprint density at radius 1 is 1.13 bits per heavy atom. The molecule has 0 aliphatic carbocycles. The Morgan fingerprint density at radius 3 is 2.48 bits per heavy atom. The quantitative estimate of drug-likeness (QED) is 0.636. The summed E-state index contributed by atoms with van der Waals surface area (Å²) in [5.41, 5.74) is 1.91. The van der Waals surface area contributed by atoms with Gasteiger partial charge >= 0.3 is 0 Å². The Morgan fingerprint density at radius 2 is 1.87 bits per heavy atom. The predicted molar refractivity (Wildman–Crippen MR) is 116 cm³/mol. The lowest BCUT2D eigenvalue weighted by atomic mass is 9.97. The number of carbonyl (C=O) groups excluding carboxylic acids is 1. The Bertz CT molecular complexity index is 1120. The first-order valence-corrected chi connectivity index (χ1v) is 11.7. The van der Waals surface area contributed by atoms with E-state index in [0.29, 0.717) is 37.4 Å². The topological polar surface area (TPSA) is 97.2 Å². The lowest BCUT2D eigenvalue weighted by Gasteiger charge is -2.30. The predicted octanol–water partition coefficient (Wildman–Crippen LogP) is 2.29. The van der Waals surface area contributed by atoms with Crippen molar-refractivity contribution in [2.24, 2.45) is 5.92 Å². The van der Waals surface area contributed by atoms with E-state index in [2.05, 4.69) is 15.3 Å². The third-order valence-electron chi connectivity index (χ3n) is 5.53. The number of benzene rings is 1. The first-order valence-electron chi connectivity index (χ1n) is 10.2. The van der Waals surface area contributed by atoms with Crippen LogP contribution in [0.1, 0.15) is 24.0 Å². The summed E-state index contributed by atoms with van der Waals surface area (Å²) in [4.78, 5) is 21.3. The van der Waals surface area contributed by atoms with Gasteiger partial charge in [0.15, 0.2) is 0 Å². The van der Waals surface area contributed by atoms with Crippen LogP contribution in [-0.2, 0) is 21.4 Å². The van der Waals surface area contributed by atoms with Crippen LogP contribution in [0.15, 0.2) is 66.2 Å². The normalized spacial score (nSPS) is 15.6. The number of carbonyl (C=O) groups is 1. The van der Waals surface area contributed by atoms with Gasteiger partial charge in [-0.3, -0.25) is 9.36 Å². The highest BCUT2D eigenvalue weighted by Gasteiger charge is 2.31. The van der Waals surface area contributed by atoms with E-state index in [4.69, 9.17) is 0 Å². The number of rotatable bonds is 6. The van der Waals surface area contributed by atoms with E-state index >= 15 is 0 Å². The molecular weight excluding hydrogens is 414 g/mol. The molecule has 8 nitrogen and oxygen atoms in total. The molecule has 3 aromatic rings. The average molecular weight is 440 g/mol. The summed E-state index contributed by atoms with van der Waals surface area (Å²) in [6.45, 7) is 2.99. The van der Waals surface area contributed by atoms with Crippen molar-refractivity contribution in [3.8, 4) is 5.82 Å². The Balaban J connectivity index is 1.29. The van der Waals surface area contributed by atoms with Gasteiger partial charge in [0.05, 0.1) is 4.90 Å². The van der Waals surface area contributed by atoms with E-state index < -0.39 is 10.0 Å². The molecule has 1 aromatic carbocycles. The molecule has 0 saturated carbocycles. The number of pyridine rings is 1. The molecule has 162 valence electrons. The maximum Gasteiger partial charge on any atom is 0.243 e. The van der Waals surface area contributed by atoms with Crippen molar-refractivity contribution in [3.63, 3.8) is 0 Å². The van der Waals surface area contributed by atoms with Crippen LogP contribution < -0.4 is 5.32 Å². The summed E-state index contributed by atoms with van der Waals surface area (Å²) in [6.07, 6.45) is 7.92. The minimum absolute atomic E-state index is 0.0499. The number of hydrogen-bond acceptors (Lipinski definition) is 5. The van der Waals surface area contributed by atoms with Crippen molar-refractivity contribution >= 4 is 15.9 Å². The molecule has 1 fully saturated rings. The lowest BCUT2D eigenvalue weighted by Crippen LogP contribution is -2.42. The van der Waals surface area contributed by atoms with Gasteiger partial charge in [-0.2, -0.15) is 4.31 Å². The molecule has 1 aliphatic rings. The first kappa shape index (κ1) is 21.2. The fraction of sp³-hybridized carbons (Fsp3) is 0.318. The Kier molecular flexibility index (Phi) is 6.15. The van der Waals surface area contributed by atoms with Gasteiger partial charge in [0.25, 0.3) is 0 Å². The highest BCUT2D eigenvalue weighted by atomic mass is 32.2. The monoisotopic (exact) mass is 439 g/mol. The van der Waals surface area contributed by atoms with E-state index in [1.165, 1.54) is 4.31 Å². The fourth-order valence-corrected chi connectivity index (χ4v) is 5.09. The number of sulfonamides is 1. The van der Waals surface area contributed by atoms with E-state index in [9.17, 15) is 13.2 Å². The van der Waals surface area contributed by atoms with Crippen LogP contribution in [0.4, 0.5) is 0 Å². The summed E-state index contributed by atoms with van der Waals surface area (Å²) < 4.78 is 28.9. The van der Waals surface area contributed by atoms with Gasteiger partial charge in [0, 0.05) is 44.1 Å². The van der Waals surface area contributed by atoms with Gasteiger partial charge in [0.2, 0.25) is 15.9 Å². The molecule has 0 atom stereocenters. The maximum absolute atomic E-state index is 12.8. The SMILES string of the molecule is Cc1ccc(S(=O)(=O)N2CCC(C(=O)NCc3ccc(-n4ccnc4)nc3)CC2)cc1. The highest BCUT2D eigenvalue weighted by Crippen LogP contribution is 2.24. The summed E-state index contributed by atoms with van der Waals surface area (Å²) in [7, 11) is -3.52. The summed E-state index contributed by atoms with van der Waals surface area (Å²) in [6, 6.07) is 10.6. The lowest BCUT2D eigenvalue weighted by molar-refractivity contribution is -0.126. The standard InChI is InChI=1S/C22H25N5O3S/c1-17-2-5-20(6-3-17)31(29,30)27-11-8-19(9-12-27)22(28)25-15-18-4-7-21(24-14-18)26-13-10-23-16-26/h2-7,10,13-14,16,19H,8-9,11-12,15H2,1H3,(H,25,28). The summed E-state index contributed by atoms with van der Waals surface area (Å²) in [5, 5.41) is 2.95. The van der Waals surface area contributed by atoms with Crippen molar-refractivity contribution in [1.29, 1.82) is 0 Å². The van der Waals surface area contributed by atoms with Gasteiger partial charge in [-0.15, -0.1) is 0 Å². The third-order valence-corrected chi connectivity index (χ3v) is 7.44. The minimum Gasteiger partial charge on any atom is -0.352 e. The molecule has 4 rings (SSSR count). The molecule has 31 heavy (non-hydrogen) atoms. The van der Waals surface area contributed by atoms with E-state index in [1.54, 1.807) is 47.6 Å². The Hall–Kier alpha value is -3.04. The minimum atomic E-state index is -3.52. The molecule has 0 radical (unpaired) electrons. The van der Waals surface area contributed by atoms with Crippen LogP contribution in [-0.4, -0.2) is 46.3 Å². The van der Waals surface area contributed by atoms with Crippen LogP contribution in [0.3, 0.4) is 0 Å². The van der Waals surface area contributed by atoms with Gasteiger partial charge in [0.1, 0.15) is 12.1 Å². The average Bonchev–Trinajstić information content (AvgIpc) is 3.33. The second kappa shape index (κ2) is 8.99. The molecule has 9 heteroatoms. The molecule has 1 N–H and O–H groups in total. The molecule has 1 saturated heterocycles. The number of aryl methyl sites for hydroxylation is 1. The smallest absolute Gasteiger partial charge is 0.243 e. The highest BCUT2D eigenvalue weighted by molar-refractivity contribution is 7.89. The molecule has 3 heterocycles. The van der Waals surface area contributed by atoms with Crippen LogP contribution in [0.2, 0.25) is 0 Å². The van der Waals surface area contributed by atoms with Gasteiger partial charge in [-0.1, -0.05) is 23.8 Å². The molecule has 1 aliphatic heterocycles. The number of nitrogens with one attached hydrogen (secondary N) is 1. The zero-order valence-electron chi connectivity index (χ0n) is 17.3. The first-order chi connectivity index (χ1) is 14.9. The number of aromatic nitrogens is 3. The van der Waals surface area contributed by atoms with E-state index in [1.807, 2.05) is 25.3 Å². The van der Waals surface area contributed by atoms with Crippen LogP contribution >= 0.6 is 0 Å². The molecule has 1 amide bonds. The van der Waals surface area contributed by atoms with Gasteiger partial charge in [-0.05, 0) is 43.5 Å². The summed E-state index contributed by atoms with van der Waals surface area (Å²) in [5.74, 6) is 0.517. The number of nitrogens with zero attached hydrogens (tertiary/aromatic N) is 4. The number of amides is 1. The number of piperidine rings is 1. The summed E-state index contributed by atoms with van der Waals surface area (Å²) >= 11 is 0. The van der Waals surface area contributed by atoms with E-state index in [0.717, 1.165) is 16.9 Å². The van der Waals surface area contributed by atoms with Gasteiger partial charge < -0.3 is 5.32 Å². The van der Waals surface area contributed by atoms with Crippen LogP contribution in [0.5, 0.6) is 0 Å². The fourth-order valence-electron chi connectivity index (χ4n) is 3.62. The van der Waals surface area contributed by atoms with Crippen LogP contribution in [0, 0.1) is 12.8 Å². The van der Waals surface area contributed by atoms with Crippen LogP contribution in [0.25, 0.3) is 5.82 Å².